The van der Waals surface area contributed by atoms with Crippen LogP contribution < -0.4 is 9.47 Å². The number of para-hydroxylation sites is 2. The van der Waals surface area contributed by atoms with Crippen molar-refractivity contribution < 1.29 is 9.47 Å². The van der Waals surface area contributed by atoms with Gasteiger partial charge in [0.25, 0.3) is 0 Å². The number of unbranched alkanes of at least 4 members (excludes halogenated alkanes) is 1. The number of ether oxygens (including phenoxy) is 2. The molecule has 0 saturated heterocycles. The van der Waals surface area contributed by atoms with Gasteiger partial charge in [-0.15, -0.1) is 12.3 Å². The molecule has 1 aromatic rings. The zero-order chi connectivity index (χ0) is 10.2. The Morgan fingerprint density at radius 2 is 2.00 bits per heavy atom. The SMILES string of the molecule is C#CCCCOc1ccccc1OC. The third kappa shape index (κ3) is 3.02. The molecule has 0 saturated carbocycles. The Morgan fingerprint density at radius 1 is 1.29 bits per heavy atom. The van der Waals surface area contributed by atoms with Crippen LogP contribution >= 0.6 is 0 Å². The van der Waals surface area contributed by atoms with Crippen LogP contribution in [0.2, 0.25) is 0 Å². The Morgan fingerprint density at radius 3 is 2.64 bits per heavy atom. The molecule has 74 valence electrons. The number of benzene rings is 1. The molecule has 14 heavy (non-hydrogen) atoms. The highest BCUT2D eigenvalue weighted by atomic mass is 16.5. The summed E-state index contributed by atoms with van der Waals surface area (Å²) in [5.41, 5.74) is 0. The highest BCUT2D eigenvalue weighted by Gasteiger charge is 2.00. The van der Waals surface area contributed by atoms with E-state index >= 15 is 0 Å². The third-order valence-corrected chi connectivity index (χ3v) is 1.79. The first-order valence-electron chi connectivity index (χ1n) is 4.57. The number of hydrogen-bond donors (Lipinski definition) is 0. The van der Waals surface area contributed by atoms with E-state index in [9.17, 15) is 0 Å². The van der Waals surface area contributed by atoms with Crippen LogP contribution in [-0.4, -0.2) is 13.7 Å². The molecule has 0 N–H and O–H groups in total. The minimum Gasteiger partial charge on any atom is -0.493 e. The molecule has 0 amide bonds. The molecule has 0 radical (unpaired) electrons. The first-order chi connectivity index (χ1) is 6.88. The Kier molecular flexibility index (Phi) is 4.43. The van der Waals surface area contributed by atoms with Crippen molar-refractivity contribution in [3.8, 4) is 23.8 Å². The summed E-state index contributed by atoms with van der Waals surface area (Å²) in [6, 6.07) is 7.58. The van der Waals surface area contributed by atoms with E-state index in [0.717, 1.165) is 24.3 Å². The van der Waals surface area contributed by atoms with Crippen molar-refractivity contribution in [2.24, 2.45) is 0 Å². The summed E-state index contributed by atoms with van der Waals surface area (Å²) in [5, 5.41) is 0. The Bertz CT molecular complexity index is 312. The molecule has 0 bridgehead atoms. The highest BCUT2D eigenvalue weighted by molar-refractivity contribution is 5.39. The van der Waals surface area contributed by atoms with Gasteiger partial charge in [0.05, 0.1) is 13.7 Å². The van der Waals surface area contributed by atoms with Crippen molar-refractivity contribution in [3.05, 3.63) is 24.3 Å². The van der Waals surface area contributed by atoms with Gasteiger partial charge in [-0.05, 0) is 18.6 Å². The van der Waals surface area contributed by atoms with Gasteiger partial charge >= 0.3 is 0 Å². The third-order valence-electron chi connectivity index (χ3n) is 1.79. The van der Waals surface area contributed by atoms with Crippen molar-refractivity contribution in [2.75, 3.05) is 13.7 Å². The minimum absolute atomic E-state index is 0.630. The monoisotopic (exact) mass is 190 g/mol. The average molecular weight is 190 g/mol. The fourth-order valence-corrected chi connectivity index (χ4v) is 1.09. The van der Waals surface area contributed by atoms with Gasteiger partial charge in [0, 0.05) is 6.42 Å². The molecule has 2 heteroatoms. The maximum absolute atomic E-state index is 5.51. The van der Waals surface area contributed by atoms with Gasteiger partial charge in [-0.25, -0.2) is 0 Å². The van der Waals surface area contributed by atoms with E-state index in [1.807, 2.05) is 24.3 Å². The van der Waals surface area contributed by atoms with Gasteiger partial charge in [-0.1, -0.05) is 12.1 Å². The van der Waals surface area contributed by atoms with Crippen LogP contribution in [0.5, 0.6) is 11.5 Å². The first kappa shape index (κ1) is 10.5. The molecule has 0 unspecified atom stereocenters. The second-order valence-corrected chi connectivity index (χ2v) is 2.81. The summed E-state index contributed by atoms with van der Waals surface area (Å²) in [7, 11) is 1.63. The van der Waals surface area contributed by atoms with E-state index in [1.54, 1.807) is 7.11 Å². The number of rotatable bonds is 5. The van der Waals surface area contributed by atoms with Gasteiger partial charge < -0.3 is 9.47 Å². The van der Waals surface area contributed by atoms with Crippen molar-refractivity contribution in [3.63, 3.8) is 0 Å². The van der Waals surface area contributed by atoms with E-state index < -0.39 is 0 Å². The molecule has 1 rings (SSSR count). The van der Waals surface area contributed by atoms with Gasteiger partial charge in [-0.2, -0.15) is 0 Å². The highest BCUT2D eigenvalue weighted by Crippen LogP contribution is 2.25. The number of methoxy groups -OCH3 is 1. The van der Waals surface area contributed by atoms with Gasteiger partial charge in [0.1, 0.15) is 0 Å². The molecule has 0 aliphatic heterocycles. The smallest absolute Gasteiger partial charge is 0.161 e. The lowest BCUT2D eigenvalue weighted by molar-refractivity contribution is 0.291. The van der Waals surface area contributed by atoms with E-state index in [4.69, 9.17) is 15.9 Å². The van der Waals surface area contributed by atoms with Crippen LogP contribution in [0, 0.1) is 12.3 Å². The molecule has 0 aliphatic rings. The van der Waals surface area contributed by atoms with E-state index in [-0.39, 0.29) is 0 Å². The summed E-state index contributed by atoms with van der Waals surface area (Å²) >= 11 is 0. The predicted molar refractivity (Wildman–Crippen MR) is 56.6 cm³/mol. The molecule has 1 aromatic carbocycles. The molecular formula is C12H14O2. The van der Waals surface area contributed by atoms with Crippen LogP contribution in [0.15, 0.2) is 24.3 Å². The van der Waals surface area contributed by atoms with Crippen molar-refractivity contribution >= 4 is 0 Å². The average Bonchev–Trinajstić information content (AvgIpc) is 2.25. The maximum Gasteiger partial charge on any atom is 0.161 e. The normalized spacial score (nSPS) is 9.14. The Labute approximate surface area is 84.8 Å². The van der Waals surface area contributed by atoms with Crippen molar-refractivity contribution in [1.82, 2.24) is 0 Å². The lowest BCUT2D eigenvalue weighted by Crippen LogP contribution is -1.98. The van der Waals surface area contributed by atoms with E-state index in [1.165, 1.54) is 0 Å². The van der Waals surface area contributed by atoms with Gasteiger partial charge in [-0.3, -0.25) is 0 Å². The summed E-state index contributed by atoms with van der Waals surface area (Å²) in [6.45, 7) is 0.630. The van der Waals surface area contributed by atoms with Crippen LogP contribution in [0.3, 0.4) is 0 Å². The molecule has 0 fully saturated rings. The molecule has 0 heterocycles. The second-order valence-electron chi connectivity index (χ2n) is 2.81. The standard InChI is InChI=1S/C12H14O2/c1-3-4-7-10-14-12-9-6-5-8-11(12)13-2/h1,5-6,8-9H,4,7,10H2,2H3. The number of terminal acetylenes is 1. The van der Waals surface area contributed by atoms with Crippen LogP contribution in [-0.2, 0) is 0 Å². The molecule has 0 spiro atoms. The van der Waals surface area contributed by atoms with Gasteiger partial charge in [0.15, 0.2) is 11.5 Å². The molecule has 0 aliphatic carbocycles. The summed E-state index contributed by atoms with van der Waals surface area (Å²) < 4.78 is 10.6. The molecule has 0 aromatic heterocycles. The predicted octanol–water partition coefficient (Wildman–Crippen LogP) is 2.49. The van der Waals surface area contributed by atoms with Gasteiger partial charge in [0.2, 0.25) is 0 Å². The topological polar surface area (TPSA) is 18.5 Å². The summed E-state index contributed by atoms with van der Waals surface area (Å²) in [6.07, 6.45) is 6.75. The molecular weight excluding hydrogens is 176 g/mol. The second kappa shape index (κ2) is 5.93. The lowest BCUT2D eigenvalue weighted by atomic mass is 10.3. The fraction of sp³-hybridized carbons (Fsp3) is 0.333. The zero-order valence-electron chi connectivity index (χ0n) is 8.32. The lowest BCUT2D eigenvalue weighted by Gasteiger charge is -2.09. The fourth-order valence-electron chi connectivity index (χ4n) is 1.09. The minimum atomic E-state index is 0.630. The Balaban J connectivity index is 2.46. The van der Waals surface area contributed by atoms with Crippen molar-refractivity contribution in [2.45, 2.75) is 12.8 Å². The Hall–Kier alpha value is -1.62. The zero-order valence-corrected chi connectivity index (χ0v) is 8.32. The summed E-state index contributed by atoms with van der Waals surface area (Å²) in [5.74, 6) is 4.10. The van der Waals surface area contributed by atoms with Crippen molar-refractivity contribution in [1.29, 1.82) is 0 Å². The largest absolute Gasteiger partial charge is 0.493 e. The van der Waals surface area contributed by atoms with Crippen LogP contribution in [0.1, 0.15) is 12.8 Å². The van der Waals surface area contributed by atoms with Crippen LogP contribution in [0.25, 0.3) is 0 Å². The van der Waals surface area contributed by atoms with E-state index in [2.05, 4.69) is 5.92 Å². The molecule has 2 nitrogen and oxygen atoms in total. The summed E-state index contributed by atoms with van der Waals surface area (Å²) in [4.78, 5) is 0. The number of hydrogen-bond acceptors (Lipinski definition) is 2. The first-order valence-corrected chi connectivity index (χ1v) is 4.57. The quantitative estimate of drug-likeness (QED) is 0.524. The molecule has 0 atom stereocenters. The maximum atomic E-state index is 5.51. The van der Waals surface area contributed by atoms with E-state index in [0.29, 0.717) is 6.61 Å². The van der Waals surface area contributed by atoms with Crippen LogP contribution in [0.4, 0.5) is 0 Å².